The first kappa shape index (κ1) is 19.4. The molecule has 4 aromatic rings. The summed E-state index contributed by atoms with van der Waals surface area (Å²) >= 11 is 1.54. The van der Waals surface area contributed by atoms with Crippen molar-refractivity contribution in [3.63, 3.8) is 0 Å². The second kappa shape index (κ2) is 7.84. The molecular weight excluding hydrogens is 380 g/mol. The van der Waals surface area contributed by atoms with Gasteiger partial charge in [0.25, 0.3) is 0 Å². The lowest BCUT2D eigenvalue weighted by Crippen LogP contribution is -2.32. The summed E-state index contributed by atoms with van der Waals surface area (Å²) in [4.78, 5) is 19.9. The molecular formula is C24H24N2O2S. The zero-order valence-corrected chi connectivity index (χ0v) is 18.0. The fourth-order valence-corrected chi connectivity index (χ4v) is 4.77. The lowest BCUT2D eigenvalue weighted by molar-refractivity contribution is -0.118. The quantitative estimate of drug-likeness (QED) is 0.416. The molecule has 4 rings (SSSR count). The second-order valence-corrected chi connectivity index (χ2v) is 8.59. The van der Waals surface area contributed by atoms with Crippen LogP contribution >= 0.6 is 11.3 Å². The number of aryl methyl sites for hydroxylation is 4. The molecule has 0 bridgehead atoms. The molecule has 5 heteroatoms. The normalized spacial score (nSPS) is 11.2. The Labute approximate surface area is 174 Å². The maximum atomic E-state index is 13.4. The minimum Gasteiger partial charge on any atom is -0.467 e. The fraction of sp³-hybridized carbons (Fsp3) is 0.250. The van der Waals surface area contributed by atoms with Gasteiger partial charge in [-0.15, -0.1) is 0 Å². The number of aromatic nitrogens is 1. The Hall–Kier alpha value is -2.92. The van der Waals surface area contributed by atoms with Crippen LogP contribution in [0.15, 0.2) is 53.1 Å². The minimum absolute atomic E-state index is 0.0206. The van der Waals surface area contributed by atoms with E-state index in [4.69, 9.17) is 9.40 Å². The van der Waals surface area contributed by atoms with Crippen LogP contribution in [-0.2, 0) is 17.8 Å². The smallest absolute Gasteiger partial charge is 0.233 e. The lowest BCUT2D eigenvalue weighted by Gasteiger charge is -2.20. The zero-order chi connectivity index (χ0) is 20.5. The van der Waals surface area contributed by atoms with Gasteiger partial charge in [-0.2, -0.15) is 0 Å². The molecule has 0 saturated carbocycles. The average Bonchev–Trinajstić information content (AvgIpc) is 3.31. The van der Waals surface area contributed by atoms with Crippen molar-refractivity contribution in [1.29, 1.82) is 0 Å². The number of thiazole rings is 1. The topological polar surface area (TPSA) is 46.3 Å². The van der Waals surface area contributed by atoms with E-state index in [9.17, 15) is 4.79 Å². The van der Waals surface area contributed by atoms with Crippen molar-refractivity contribution in [3.8, 4) is 0 Å². The minimum atomic E-state index is 0.0206. The second-order valence-electron chi connectivity index (χ2n) is 7.58. The molecule has 0 aliphatic heterocycles. The number of carbonyl (C=O) groups excluding carboxylic acids is 1. The van der Waals surface area contributed by atoms with Gasteiger partial charge in [0, 0.05) is 0 Å². The summed E-state index contributed by atoms with van der Waals surface area (Å²) in [6.07, 6.45) is 1.97. The van der Waals surface area contributed by atoms with Crippen LogP contribution in [0.25, 0.3) is 10.2 Å². The average molecular weight is 405 g/mol. The molecule has 0 aliphatic carbocycles. The first-order valence-corrected chi connectivity index (χ1v) is 10.5. The third kappa shape index (κ3) is 4.10. The van der Waals surface area contributed by atoms with Crippen molar-refractivity contribution in [3.05, 3.63) is 82.3 Å². The number of fused-ring (bicyclic) bond motifs is 1. The van der Waals surface area contributed by atoms with Gasteiger partial charge in [0.05, 0.1) is 29.4 Å². The van der Waals surface area contributed by atoms with Crippen LogP contribution in [0.4, 0.5) is 5.13 Å². The molecule has 4 nitrogen and oxygen atoms in total. The van der Waals surface area contributed by atoms with Crippen molar-refractivity contribution in [2.75, 3.05) is 4.90 Å². The molecule has 29 heavy (non-hydrogen) atoms. The van der Waals surface area contributed by atoms with E-state index in [0.29, 0.717) is 18.1 Å². The number of carbonyl (C=O) groups is 1. The summed E-state index contributed by atoms with van der Waals surface area (Å²) in [6.45, 7) is 8.65. The maximum Gasteiger partial charge on any atom is 0.233 e. The number of anilines is 1. The molecule has 148 valence electrons. The summed E-state index contributed by atoms with van der Waals surface area (Å²) in [5.74, 6) is 0.762. The van der Waals surface area contributed by atoms with Crippen molar-refractivity contribution >= 4 is 32.6 Å². The van der Waals surface area contributed by atoms with Crippen molar-refractivity contribution in [2.24, 2.45) is 0 Å². The largest absolute Gasteiger partial charge is 0.467 e. The highest BCUT2D eigenvalue weighted by Crippen LogP contribution is 2.31. The van der Waals surface area contributed by atoms with Crippen molar-refractivity contribution < 1.29 is 9.21 Å². The van der Waals surface area contributed by atoms with Crippen LogP contribution in [0.2, 0.25) is 0 Å². The van der Waals surface area contributed by atoms with Crippen molar-refractivity contribution in [1.82, 2.24) is 4.98 Å². The Balaban J connectivity index is 1.70. The molecule has 0 saturated heterocycles. The van der Waals surface area contributed by atoms with Crippen LogP contribution in [0.1, 0.15) is 33.6 Å². The number of furan rings is 1. The van der Waals surface area contributed by atoms with Gasteiger partial charge in [0.2, 0.25) is 5.91 Å². The standard InChI is InChI=1S/C24H24N2O2S/c1-15-7-8-21-22(12-15)29-24(25-21)26(14-19-6-5-9-28-19)23(27)13-20-17(3)10-16(2)11-18(20)4/h5-12H,13-14H2,1-4H3. The fourth-order valence-electron chi connectivity index (χ4n) is 3.69. The Kier molecular flexibility index (Phi) is 5.24. The van der Waals surface area contributed by atoms with Gasteiger partial charge in [0.15, 0.2) is 5.13 Å². The first-order valence-electron chi connectivity index (χ1n) is 9.67. The van der Waals surface area contributed by atoms with E-state index >= 15 is 0 Å². The van der Waals surface area contributed by atoms with Crippen LogP contribution < -0.4 is 4.90 Å². The predicted molar refractivity (Wildman–Crippen MR) is 119 cm³/mol. The van der Waals surface area contributed by atoms with E-state index in [1.54, 1.807) is 22.5 Å². The molecule has 0 fully saturated rings. The lowest BCUT2D eigenvalue weighted by atomic mass is 9.97. The third-order valence-electron chi connectivity index (χ3n) is 5.13. The van der Waals surface area contributed by atoms with Gasteiger partial charge >= 0.3 is 0 Å². The molecule has 0 radical (unpaired) electrons. The van der Waals surface area contributed by atoms with Gasteiger partial charge in [-0.3, -0.25) is 9.69 Å². The van der Waals surface area contributed by atoms with E-state index < -0.39 is 0 Å². The molecule has 0 spiro atoms. The van der Waals surface area contributed by atoms with E-state index in [0.717, 1.165) is 32.7 Å². The highest BCUT2D eigenvalue weighted by molar-refractivity contribution is 7.22. The third-order valence-corrected chi connectivity index (χ3v) is 6.17. The summed E-state index contributed by atoms with van der Waals surface area (Å²) in [6, 6.07) is 14.2. The number of benzene rings is 2. The van der Waals surface area contributed by atoms with Gasteiger partial charge in [-0.1, -0.05) is 35.1 Å². The number of hydrogen-bond acceptors (Lipinski definition) is 4. The van der Waals surface area contributed by atoms with E-state index in [-0.39, 0.29) is 5.91 Å². The van der Waals surface area contributed by atoms with Crippen LogP contribution in [0.5, 0.6) is 0 Å². The number of rotatable bonds is 5. The molecule has 1 amide bonds. The Morgan fingerprint density at radius 2 is 1.79 bits per heavy atom. The Morgan fingerprint density at radius 1 is 1.03 bits per heavy atom. The molecule has 2 aromatic heterocycles. The van der Waals surface area contributed by atoms with E-state index in [1.807, 2.05) is 24.3 Å². The van der Waals surface area contributed by atoms with Crippen LogP contribution in [-0.4, -0.2) is 10.9 Å². The monoisotopic (exact) mass is 404 g/mol. The van der Waals surface area contributed by atoms with Gasteiger partial charge in [0.1, 0.15) is 5.76 Å². The van der Waals surface area contributed by atoms with Gasteiger partial charge < -0.3 is 4.42 Å². The summed E-state index contributed by atoms with van der Waals surface area (Å²) in [5.41, 5.74) is 6.69. The highest BCUT2D eigenvalue weighted by atomic mass is 32.1. The summed E-state index contributed by atoms with van der Waals surface area (Å²) in [7, 11) is 0. The van der Waals surface area contributed by atoms with Crippen LogP contribution in [0, 0.1) is 27.7 Å². The molecule has 2 heterocycles. The van der Waals surface area contributed by atoms with Gasteiger partial charge in [-0.25, -0.2) is 4.98 Å². The maximum absolute atomic E-state index is 13.4. The van der Waals surface area contributed by atoms with E-state index in [2.05, 4.69) is 45.9 Å². The number of hydrogen-bond donors (Lipinski definition) is 0. The molecule has 2 aromatic carbocycles. The highest BCUT2D eigenvalue weighted by Gasteiger charge is 2.23. The Morgan fingerprint density at radius 3 is 2.48 bits per heavy atom. The number of amides is 1. The summed E-state index contributed by atoms with van der Waals surface area (Å²) in [5, 5.41) is 0.703. The zero-order valence-electron chi connectivity index (χ0n) is 17.2. The number of nitrogens with zero attached hydrogens (tertiary/aromatic N) is 2. The molecule has 0 aliphatic rings. The first-order chi connectivity index (χ1) is 13.9. The summed E-state index contributed by atoms with van der Waals surface area (Å²) < 4.78 is 6.61. The molecule has 0 unspecified atom stereocenters. The van der Waals surface area contributed by atoms with E-state index in [1.165, 1.54) is 11.1 Å². The van der Waals surface area contributed by atoms with Gasteiger partial charge in [-0.05, 0) is 74.2 Å². The van der Waals surface area contributed by atoms with Crippen LogP contribution in [0.3, 0.4) is 0 Å². The Bertz CT molecular complexity index is 1150. The molecule has 0 N–H and O–H groups in total. The predicted octanol–water partition coefficient (Wildman–Crippen LogP) is 5.90. The molecule has 0 atom stereocenters. The SMILES string of the molecule is Cc1cc(C)c(CC(=O)N(Cc2ccco2)c2nc3ccc(C)cc3s2)c(C)c1. The van der Waals surface area contributed by atoms with Crippen molar-refractivity contribution in [2.45, 2.75) is 40.7 Å².